The summed E-state index contributed by atoms with van der Waals surface area (Å²) in [6.45, 7) is 4.38. The zero-order valence-electron chi connectivity index (χ0n) is 11.1. The van der Waals surface area contributed by atoms with Gasteiger partial charge in [-0.1, -0.05) is 25.1 Å². The maximum atomic E-state index is 13.6. The second kappa shape index (κ2) is 9.03. The first-order valence-electron chi connectivity index (χ1n) is 6.36. The van der Waals surface area contributed by atoms with Crippen molar-refractivity contribution >= 4 is 0 Å². The fourth-order valence-corrected chi connectivity index (χ4v) is 1.65. The molecule has 18 heavy (non-hydrogen) atoms. The zero-order chi connectivity index (χ0) is 13.2. The van der Waals surface area contributed by atoms with Gasteiger partial charge < -0.3 is 14.8 Å². The van der Waals surface area contributed by atoms with Crippen LogP contribution in [0.25, 0.3) is 0 Å². The van der Waals surface area contributed by atoms with E-state index >= 15 is 0 Å². The summed E-state index contributed by atoms with van der Waals surface area (Å²) in [5.41, 5.74) is 0.634. The molecule has 4 heteroatoms. The van der Waals surface area contributed by atoms with E-state index in [1.165, 1.54) is 6.07 Å². The molecule has 0 amide bonds. The lowest BCUT2D eigenvalue weighted by Gasteiger charge is -2.17. The van der Waals surface area contributed by atoms with E-state index in [2.05, 4.69) is 12.2 Å². The Balaban J connectivity index is 2.32. The lowest BCUT2D eigenvalue weighted by Crippen LogP contribution is -2.23. The van der Waals surface area contributed by atoms with Crippen LogP contribution in [0.15, 0.2) is 24.3 Å². The van der Waals surface area contributed by atoms with E-state index in [1.807, 2.05) is 6.07 Å². The number of rotatable bonds is 9. The quantitative estimate of drug-likeness (QED) is 0.688. The maximum Gasteiger partial charge on any atom is 0.128 e. The van der Waals surface area contributed by atoms with Gasteiger partial charge in [-0.15, -0.1) is 0 Å². The molecular formula is C14H22FNO2. The molecule has 0 aliphatic carbocycles. The van der Waals surface area contributed by atoms with E-state index in [0.717, 1.165) is 13.0 Å². The van der Waals surface area contributed by atoms with Crippen LogP contribution in [0.4, 0.5) is 4.39 Å². The average molecular weight is 255 g/mol. The maximum absolute atomic E-state index is 13.6. The minimum atomic E-state index is -0.206. The highest BCUT2D eigenvalue weighted by molar-refractivity contribution is 5.21. The summed E-state index contributed by atoms with van der Waals surface area (Å²) in [7, 11) is 1.80. The van der Waals surface area contributed by atoms with Gasteiger partial charge in [0.05, 0.1) is 25.9 Å². The Labute approximate surface area is 108 Å². The van der Waals surface area contributed by atoms with Crippen molar-refractivity contribution < 1.29 is 13.9 Å². The van der Waals surface area contributed by atoms with Gasteiger partial charge in [-0.25, -0.2) is 4.39 Å². The fraction of sp³-hybridized carbons (Fsp3) is 0.571. The van der Waals surface area contributed by atoms with Gasteiger partial charge in [0.1, 0.15) is 5.82 Å². The summed E-state index contributed by atoms with van der Waals surface area (Å²) in [6.07, 6.45) is 1.01. The molecule has 0 bridgehead atoms. The number of hydrogen-bond donors (Lipinski definition) is 1. The lowest BCUT2D eigenvalue weighted by atomic mass is 10.1. The summed E-state index contributed by atoms with van der Waals surface area (Å²) < 4.78 is 24.4. The highest BCUT2D eigenvalue weighted by atomic mass is 19.1. The first-order chi connectivity index (χ1) is 8.79. The number of nitrogens with one attached hydrogen (secondary N) is 1. The molecule has 1 rings (SSSR count). The molecular weight excluding hydrogens is 233 g/mol. The molecule has 0 saturated heterocycles. The van der Waals surface area contributed by atoms with E-state index in [4.69, 9.17) is 9.47 Å². The monoisotopic (exact) mass is 255 g/mol. The molecule has 0 saturated carbocycles. The largest absolute Gasteiger partial charge is 0.379 e. The van der Waals surface area contributed by atoms with Crippen LogP contribution in [-0.4, -0.2) is 33.5 Å². The Morgan fingerprint density at radius 1 is 1.17 bits per heavy atom. The van der Waals surface area contributed by atoms with Crippen LogP contribution >= 0.6 is 0 Å². The molecule has 1 atom stereocenters. The van der Waals surface area contributed by atoms with Crippen LogP contribution in [0, 0.1) is 5.82 Å². The number of likely N-dealkylation sites (N-methyl/N-ethyl adjacent to an activating group) is 1. The van der Waals surface area contributed by atoms with Gasteiger partial charge in [0.15, 0.2) is 0 Å². The van der Waals surface area contributed by atoms with Crippen LogP contribution in [0.3, 0.4) is 0 Å². The second-order valence-electron chi connectivity index (χ2n) is 4.05. The molecule has 0 aliphatic heterocycles. The highest BCUT2D eigenvalue weighted by Crippen LogP contribution is 2.16. The van der Waals surface area contributed by atoms with Crippen molar-refractivity contribution in [3.8, 4) is 0 Å². The minimum Gasteiger partial charge on any atom is -0.379 e. The Morgan fingerprint density at radius 2 is 1.89 bits per heavy atom. The van der Waals surface area contributed by atoms with Gasteiger partial charge in [-0.05, 0) is 19.5 Å². The lowest BCUT2D eigenvalue weighted by molar-refractivity contribution is 0.0396. The van der Waals surface area contributed by atoms with E-state index < -0.39 is 0 Å². The van der Waals surface area contributed by atoms with E-state index in [1.54, 1.807) is 19.2 Å². The molecule has 3 nitrogen and oxygen atoms in total. The summed E-state index contributed by atoms with van der Waals surface area (Å²) in [4.78, 5) is 0. The molecule has 0 radical (unpaired) electrons. The van der Waals surface area contributed by atoms with Gasteiger partial charge in [0, 0.05) is 12.2 Å². The molecule has 0 heterocycles. The summed E-state index contributed by atoms with van der Waals surface area (Å²) in [5, 5.41) is 3.06. The fourth-order valence-electron chi connectivity index (χ4n) is 1.65. The number of ether oxygens (including phenoxy) is 2. The highest BCUT2D eigenvalue weighted by Gasteiger charge is 2.13. The van der Waals surface area contributed by atoms with Gasteiger partial charge >= 0.3 is 0 Å². The van der Waals surface area contributed by atoms with Crippen LogP contribution in [0.2, 0.25) is 0 Å². The first-order valence-corrected chi connectivity index (χ1v) is 6.36. The Bertz CT molecular complexity index is 333. The molecule has 0 aliphatic rings. The summed E-state index contributed by atoms with van der Waals surface area (Å²) in [6, 6.07) is 6.62. The molecule has 0 aromatic heterocycles. The number of hydrogen-bond acceptors (Lipinski definition) is 3. The third-order valence-corrected chi connectivity index (χ3v) is 2.63. The number of benzene rings is 1. The van der Waals surface area contributed by atoms with Crippen molar-refractivity contribution in [2.75, 3.05) is 33.5 Å². The summed E-state index contributed by atoms with van der Waals surface area (Å²) in [5.74, 6) is -0.206. The Hall–Kier alpha value is -0.970. The van der Waals surface area contributed by atoms with Crippen molar-refractivity contribution in [2.45, 2.75) is 19.4 Å². The van der Waals surface area contributed by atoms with Crippen LogP contribution in [0.1, 0.15) is 24.9 Å². The van der Waals surface area contributed by atoms with Crippen molar-refractivity contribution in [2.24, 2.45) is 0 Å². The van der Waals surface area contributed by atoms with Gasteiger partial charge in [0.25, 0.3) is 0 Å². The van der Waals surface area contributed by atoms with Crippen molar-refractivity contribution in [1.82, 2.24) is 5.32 Å². The molecule has 1 aromatic rings. The minimum absolute atomic E-state index is 0.127. The van der Waals surface area contributed by atoms with Crippen molar-refractivity contribution in [1.29, 1.82) is 0 Å². The average Bonchev–Trinajstić information content (AvgIpc) is 2.39. The molecule has 102 valence electrons. The van der Waals surface area contributed by atoms with E-state index in [9.17, 15) is 4.39 Å². The summed E-state index contributed by atoms with van der Waals surface area (Å²) >= 11 is 0. The Kier molecular flexibility index (Phi) is 7.57. The SMILES string of the molecule is CCCOCCOCC(NC)c1ccccc1F. The van der Waals surface area contributed by atoms with Crippen molar-refractivity contribution in [3.05, 3.63) is 35.6 Å². The Morgan fingerprint density at radius 3 is 2.56 bits per heavy atom. The topological polar surface area (TPSA) is 30.5 Å². The van der Waals surface area contributed by atoms with E-state index in [0.29, 0.717) is 25.4 Å². The molecule has 0 spiro atoms. The molecule has 1 N–H and O–H groups in total. The zero-order valence-corrected chi connectivity index (χ0v) is 11.1. The predicted octanol–water partition coefficient (Wildman–Crippen LogP) is 2.53. The molecule has 1 unspecified atom stereocenters. The standard InChI is InChI=1S/C14H22FNO2/c1-3-8-17-9-10-18-11-14(16-2)12-6-4-5-7-13(12)15/h4-7,14,16H,3,8-11H2,1-2H3. The van der Waals surface area contributed by atoms with Crippen LogP contribution < -0.4 is 5.32 Å². The van der Waals surface area contributed by atoms with E-state index in [-0.39, 0.29) is 11.9 Å². The van der Waals surface area contributed by atoms with Gasteiger partial charge in [-0.3, -0.25) is 0 Å². The molecule has 1 aromatic carbocycles. The normalized spacial score (nSPS) is 12.6. The van der Waals surface area contributed by atoms with Gasteiger partial charge in [-0.2, -0.15) is 0 Å². The first kappa shape index (κ1) is 15.1. The molecule has 0 fully saturated rings. The van der Waals surface area contributed by atoms with Gasteiger partial charge in [0.2, 0.25) is 0 Å². The smallest absolute Gasteiger partial charge is 0.128 e. The third kappa shape index (κ3) is 5.12. The third-order valence-electron chi connectivity index (χ3n) is 2.63. The van der Waals surface area contributed by atoms with Crippen molar-refractivity contribution in [3.63, 3.8) is 0 Å². The van der Waals surface area contributed by atoms with Crippen LogP contribution in [-0.2, 0) is 9.47 Å². The number of halogens is 1. The second-order valence-corrected chi connectivity index (χ2v) is 4.05. The predicted molar refractivity (Wildman–Crippen MR) is 70.1 cm³/mol. The van der Waals surface area contributed by atoms with Crippen LogP contribution in [0.5, 0.6) is 0 Å².